The third-order valence-electron chi connectivity index (χ3n) is 3.89. The van der Waals surface area contributed by atoms with Crippen molar-refractivity contribution in [2.24, 2.45) is 0 Å². The van der Waals surface area contributed by atoms with Gasteiger partial charge in [-0.3, -0.25) is 4.79 Å². The molecule has 0 saturated carbocycles. The molecule has 0 saturated heterocycles. The molecule has 0 radical (unpaired) electrons. The summed E-state index contributed by atoms with van der Waals surface area (Å²) in [5, 5.41) is 0.741. The average Bonchev–Trinajstić information content (AvgIpc) is 2.65. The minimum absolute atomic E-state index is 0.0160. The largest absolute Gasteiger partial charge is 0.435 e. The van der Waals surface area contributed by atoms with Gasteiger partial charge in [-0.15, -0.1) is 0 Å². The van der Waals surface area contributed by atoms with Crippen LogP contribution in [0.4, 0.5) is 36.4 Å². The molecule has 2 aromatic carbocycles. The fourth-order valence-electron chi connectivity index (χ4n) is 2.30. The first kappa shape index (κ1) is 27.3. The second-order valence-electron chi connectivity index (χ2n) is 5.89. The van der Waals surface area contributed by atoms with Crippen LogP contribution in [-0.4, -0.2) is 18.3 Å². The van der Waals surface area contributed by atoms with E-state index in [1.165, 1.54) is 18.2 Å². The van der Waals surface area contributed by atoms with Crippen LogP contribution in [0.25, 0.3) is 0 Å². The molecule has 0 unspecified atom stereocenters. The molecule has 2 aromatic rings. The van der Waals surface area contributed by atoms with Crippen LogP contribution >= 0.6 is 34.8 Å². The molecule has 0 aromatic heterocycles. The van der Waals surface area contributed by atoms with Gasteiger partial charge >= 0.3 is 18.0 Å². The second kappa shape index (κ2) is 9.83. The summed E-state index contributed by atoms with van der Waals surface area (Å²) < 4.78 is 91.5. The van der Waals surface area contributed by atoms with Gasteiger partial charge in [-0.05, 0) is 36.8 Å². The highest BCUT2D eigenvalue weighted by molar-refractivity contribution is 6.40. The van der Waals surface area contributed by atoms with Crippen LogP contribution in [0, 0.1) is 6.92 Å². The summed E-state index contributed by atoms with van der Waals surface area (Å²) in [6, 6.07) is 4.36. The Labute approximate surface area is 188 Å². The SMILES string of the molecule is CC.Cc1ccc(C(=O)Nc2c(Cl)cc(C(F)(C(F)(F)F)C(F)(F)F)cc2Cl)cc1Cl. The predicted molar refractivity (Wildman–Crippen MR) is 107 cm³/mol. The molecule has 0 atom stereocenters. The van der Waals surface area contributed by atoms with Crippen molar-refractivity contribution in [1.82, 2.24) is 0 Å². The molecule has 0 aliphatic carbocycles. The van der Waals surface area contributed by atoms with Crippen molar-refractivity contribution in [2.75, 3.05) is 5.32 Å². The van der Waals surface area contributed by atoms with Crippen molar-refractivity contribution < 1.29 is 35.5 Å². The van der Waals surface area contributed by atoms with Crippen LogP contribution in [0.15, 0.2) is 30.3 Å². The van der Waals surface area contributed by atoms with Crippen LogP contribution in [0.5, 0.6) is 0 Å². The Hall–Kier alpha value is -1.71. The lowest BCUT2D eigenvalue weighted by molar-refractivity contribution is -0.348. The number of amides is 1. The normalized spacial score (nSPS) is 12.2. The van der Waals surface area contributed by atoms with E-state index in [1.807, 2.05) is 13.8 Å². The maximum absolute atomic E-state index is 14.2. The van der Waals surface area contributed by atoms with Gasteiger partial charge in [0, 0.05) is 16.1 Å². The summed E-state index contributed by atoms with van der Waals surface area (Å²) in [4.78, 5) is 12.3. The van der Waals surface area contributed by atoms with Crippen molar-refractivity contribution in [3.05, 3.63) is 62.1 Å². The Balaban J connectivity index is 0.00000233. The highest BCUT2D eigenvalue weighted by atomic mass is 35.5. The average molecular weight is 513 g/mol. The lowest BCUT2D eigenvalue weighted by atomic mass is 9.94. The van der Waals surface area contributed by atoms with Gasteiger partial charge in [-0.1, -0.05) is 54.7 Å². The van der Waals surface area contributed by atoms with E-state index in [0.717, 1.165) is 0 Å². The molecule has 0 spiro atoms. The molecule has 0 bridgehead atoms. The number of hydrogen-bond acceptors (Lipinski definition) is 1. The predicted octanol–water partition coefficient (Wildman–Crippen LogP) is 8.52. The molecule has 31 heavy (non-hydrogen) atoms. The van der Waals surface area contributed by atoms with E-state index in [-0.39, 0.29) is 22.7 Å². The van der Waals surface area contributed by atoms with Crippen molar-refractivity contribution >= 4 is 46.4 Å². The number of carbonyl (C=O) groups is 1. The number of rotatable bonds is 3. The Kier molecular flexibility index (Phi) is 8.67. The number of halogens is 10. The van der Waals surface area contributed by atoms with E-state index >= 15 is 0 Å². The van der Waals surface area contributed by atoms with Gasteiger partial charge in [0.05, 0.1) is 15.7 Å². The molecule has 2 rings (SSSR count). The number of hydrogen-bond donors (Lipinski definition) is 1. The molecule has 0 aliphatic heterocycles. The maximum Gasteiger partial charge on any atom is 0.435 e. The Morgan fingerprint density at radius 2 is 1.26 bits per heavy atom. The highest BCUT2D eigenvalue weighted by Crippen LogP contribution is 2.54. The van der Waals surface area contributed by atoms with Crippen LogP contribution in [0.3, 0.4) is 0 Å². The lowest BCUT2D eigenvalue weighted by Gasteiger charge is -2.30. The summed E-state index contributed by atoms with van der Waals surface area (Å²) in [7, 11) is 0. The summed E-state index contributed by atoms with van der Waals surface area (Å²) in [6.07, 6.45) is -12.7. The minimum atomic E-state index is -6.33. The number of aryl methyl sites for hydroxylation is 1. The molecule has 12 heteroatoms. The van der Waals surface area contributed by atoms with Crippen molar-refractivity contribution in [3.63, 3.8) is 0 Å². The van der Waals surface area contributed by atoms with Gasteiger partial charge < -0.3 is 5.32 Å². The monoisotopic (exact) mass is 511 g/mol. The summed E-state index contributed by atoms with van der Waals surface area (Å²) in [6.45, 7) is 5.67. The Bertz CT molecular complexity index is 921. The van der Waals surface area contributed by atoms with E-state index in [0.29, 0.717) is 5.56 Å². The Morgan fingerprint density at radius 1 is 0.806 bits per heavy atom. The van der Waals surface area contributed by atoms with E-state index in [4.69, 9.17) is 34.8 Å². The van der Waals surface area contributed by atoms with E-state index in [9.17, 15) is 35.5 Å². The first-order valence-corrected chi connectivity index (χ1v) is 9.62. The first-order valence-electron chi connectivity index (χ1n) is 8.49. The zero-order chi connectivity index (χ0) is 24.4. The van der Waals surface area contributed by atoms with Gasteiger partial charge in [0.2, 0.25) is 0 Å². The lowest BCUT2D eigenvalue weighted by Crippen LogP contribution is -2.50. The summed E-state index contributed by atoms with van der Waals surface area (Å²) in [5.74, 6) is -0.846. The number of alkyl halides is 7. The van der Waals surface area contributed by atoms with E-state index in [2.05, 4.69) is 5.32 Å². The van der Waals surface area contributed by atoms with E-state index < -0.39 is 45.2 Å². The van der Waals surface area contributed by atoms with Gasteiger partial charge in [-0.2, -0.15) is 26.3 Å². The fraction of sp³-hybridized carbons (Fsp3) is 0.316. The highest BCUT2D eigenvalue weighted by Gasteiger charge is 2.73. The smallest absolute Gasteiger partial charge is 0.319 e. The third kappa shape index (κ3) is 5.56. The van der Waals surface area contributed by atoms with Gasteiger partial charge in [-0.25, -0.2) is 4.39 Å². The zero-order valence-corrected chi connectivity index (χ0v) is 18.3. The standard InChI is InChI=1S/C17H9Cl3F7NO.C2H6/c1-7-2-3-8(4-10(7)18)14(29)28-13-11(19)5-9(6-12(13)20)15(21,16(22,23)24)17(25,26)27;1-2/h2-6H,1H3,(H,28,29);1-2H3. The van der Waals surface area contributed by atoms with Gasteiger partial charge in [0.1, 0.15) is 0 Å². The fourth-order valence-corrected chi connectivity index (χ4v) is 3.06. The molecule has 0 heterocycles. The first-order chi connectivity index (χ1) is 14.1. The molecule has 2 nitrogen and oxygen atoms in total. The van der Waals surface area contributed by atoms with Crippen molar-refractivity contribution in [1.29, 1.82) is 0 Å². The van der Waals surface area contributed by atoms with Crippen LogP contribution in [0.2, 0.25) is 15.1 Å². The molecule has 1 N–H and O–H groups in total. The summed E-state index contributed by atoms with van der Waals surface area (Å²) in [5.41, 5.74) is -7.40. The molecule has 1 amide bonds. The number of benzene rings is 2. The number of anilines is 1. The van der Waals surface area contributed by atoms with E-state index in [1.54, 1.807) is 6.92 Å². The third-order valence-corrected chi connectivity index (χ3v) is 4.90. The van der Waals surface area contributed by atoms with Crippen molar-refractivity contribution in [3.8, 4) is 0 Å². The van der Waals surface area contributed by atoms with Crippen molar-refractivity contribution in [2.45, 2.75) is 38.8 Å². The number of nitrogens with one attached hydrogen (secondary N) is 1. The maximum atomic E-state index is 14.2. The molecule has 0 aliphatic rings. The quantitative estimate of drug-likeness (QED) is 0.410. The molecular formula is C19H15Cl3F7NO. The van der Waals surface area contributed by atoms with Crippen LogP contribution in [0.1, 0.15) is 35.3 Å². The zero-order valence-electron chi connectivity index (χ0n) is 16.1. The van der Waals surface area contributed by atoms with Gasteiger partial charge in [0.25, 0.3) is 5.91 Å². The second-order valence-corrected chi connectivity index (χ2v) is 7.11. The minimum Gasteiger partial charge on any atom is -0.319 e. The molecular weight excluding hydrogens is 498 g/mol. The molecule has 172 valence electrons. The number of carbonyl (C=O) groups excluding carboxylic acids is 1. The molecule has 0 fully saturated rings. The van der Waals surface area contributed by atoms with Crippen LogP contribution < -0.4 is 5.32 Å². The topological polar surface area (TPSA) is 29.1 Å². The summed E-state index contributed by atoms with van der Waals surface area (Å²) >= 11 is 17.3. The van der Waals surface area contributed by atoms with Crippen LogP contribution in [-0.2, 0) is 5.67 Å². The Morgan fingerprint density at radius 3 is 1.65 bits per heavy atom. The van der Waals surface area contributed by atoms with Gasteiger partial charge in [0.15, 0.2) is 0 Å².